The van der Waals surface area contributed by atoms with E-state index < -0.39 is 17.9 Å². The summed E-state index contributed by atoms with van der Waals surface area (Å²) in [6.45, 7) is 0. The lowest BCUT2D eigenvalue weighted by Crippen LogP contribution is -1.95. The second-order valence-electron chi connectivity index (χ2n) is 2.13. The van der Waals surface area contributed by atoms with Crippen LogP contribution in [0.1, 0.15) is 17.7 Å². The number of nitrogens with zero attached hydrogens (tertiary/aromatic N) is 2. The molecule has 0 aliphatic rings. The quantitative estimate of drug-likeness (QED) is 0.808. The van der Waals surface area contributed by atoms with Crippen molar-refractivity contribution in [1.29, 1.82) is 5.26 Å². The molecule has 0 aromatic carbocycles. The van der Waals surface area contributed by atoms with Crippen molar-refractivity contribution in [2.24, 2.45) is 0 Å². The van der Waals surface area contributed by atoms with Crippen LogP contribution in [-0.4, -0.2) is 10.1 Å². The van der Waals surface area contributed by atoms with Crippen LogP contribution in [0.4, 0.5) is 8.78 Å². The van der Waals surface area contributed by atoms with Gasteiger partial charge in [0.1, 0.15) is 11.8 Å². The van der Waals surface area contributed by atoms with E-state index in [9.17, 15) is 13.9 Å². The number of pyridine rings is 1. The van der Waals surface area contributed by atoms with Crippen LogP contribution in [-0.2, 0) is 0 Å². The molecular formula is C7H3F2IN2O. The number of hydrogen-bond donors (Lipinski definition) is 1. The predicted octanol–water partition coefficient (Wildman–Crippen LogP) is 2.20. The van der Waals surface area contributed by atoms with Crippen LogP contribution in [0, 0.1) is 14.9 Å². The summed E-state index contributed by atoms with van der Waals surface area (Å²) in [6, 6.07) is 1.73. The second-order valence-corrected chi connectivity index (χ2v) is 3.21. The lowest BCUT2D eigenvalue weighted by Gasteiger charge is -2.04. The summed E-state index contributed by atoms with van der Waals surface area (Å²) in [6.07, 6.45) is -1.82. The maximum Gasteiger partial charge on any atom is 0.284 e. The molecule has 1 N–H and O–H groups in total. The molecule has 1 aromatic heterocycles. The van der Waals surface area contributed by atoms with Crippen LogP contribution in [0.5, 0.6) is 5.75 Å². The molecule has 1 rings (SSSR count). The molecule has 6 heteroatoms. The zero-order valence-electron chi connectivity index (χ0n) is 6.13. The molecule has 0 fully saturated rings. The van der Waals surface area contributed by atoms with E-state index in [2.05, 4.69) is 4.98 Å². The molecule has 0 atom stereocenters. The van der Waals surface area contributed by atoms with Gasteiger partial charge in [-0.15, -0.1) is 0 Å². The number of aromatic nitrogens is 1. The van der Waals surface area contributed by atoms with E-state index >= 15 is 0 Å². The number of halogens is 3. The first-order valence-electron chi connectivity index (χ1n) is 3.13. The minimum absolute atomic E-state index is 0.0856. The minimum Gasteiger partial charge on any atom is -0.505 e. The van der Waals surface area contributed by atoms with Crippen molar-refractivity contribution in [3.8, 4) is 11.8 Å². The van der Waals surface area contributed by atoms with Gasteiger partial charge < -0.3 is 5.11 Å². The van der Waals surface area contributed by atoms with E-state index in [0.29, 0.717) is 0 Å². The topological polar surface area (TPSA) is 56.9 Å². The molecule has 68 valence electrons. The van der Waals surface area contributed by atoms with Gasteiger partial charge in [-0.05, 0) is 22.6 Å². The summed E-state index contributed by atoms with van der Waals surface area (Å²) in [5, 5.41) is 17.7. The number of rotatable bonds is 1. The van der Waals surface area contributed by atoms with Gasteiger partial charge in [0.15, 0.2) is 5.75 Å². The number of alkyl halides is 2. The van der Waals surface area contributed by atoms with Crippen molar-refractivity contribution in [3.63, 3.8) is 0 Å². The molecule has 0 unspecified atom stereocenters. The van der Waals surface area contributed by atoms with Crippen molar-refractivity contribution < 1.29 is 13.9 Å². The van der Waals surface area contributed by atoms with Gasteiger partial charge in [-0.2, -0.15) is 5.26 Å². The van der Waals surface area contributed by atoms with E-state index in [0.717, 1.165) is 6.20 Å². The number of aromatic hydroxyl groups is 1. The fourth-order valence-corrected chi connectivity index (χ4v) is 1.27. The third-order valence-corrected chi connectivity index (χ3v) is 2.44. The third-order valence-electron chi connectivity index (χ3n) is 1.35. The van der Waals surface area contributed by atoms with Crippen molar-refractivity contribution in [1.82, 2.24) is 4.98 Å². The third kappa shape index (κ3) is 1.85. The van der Waals surface area contributed by atoms with Crippen molar-refractivity contribution in [2.75, 3.05) is 0 Å². The monoisotopic (exact) mass is 296 g/mol. The van der Waals surface area contributed by atoms with Crippen LogP contribution < -0.4 is 0 Å². The van der Waals surface area contributed by atoms with E-state index in [1.54, 1.807) is 28.7 Å². The Bertz CT molecular complexity index is 375. The molecule has 0 amide bonds. The standard InChI is InChI=1S/C7H3F2IN2O/c8-7(9)5-6(13)4(10)3(1-11)2-12-5/h2,7,13H. The molecule has 1 heterocycles. The van der Waals surface area contributed by atoms with E-state index in [1.165, 1.54) is 0 Å². The molecule has 0 radical (unpaired) electrons. The summed E-state index contributed by atoms with van der Waals surface area (Å²) in [5.41, 5.74) is -0.606. The van der Waals surface area contributed by atoms with Gasteiger partial charge in [-0.3, -0.25) is 0 Å². The van der Waals surface area contributed by atoms with Crippen LogP contribution >= 0.6 is 22.6 Å². The molecule has 13 heavy (non-hydrogen) atoms. The smallest absolute Gasteiger partial charge is 0.284 e. The lowest BCUT2D eigenvalue weighted by molar-refractivity contribution is 0.141. The normalized spacial score (nSPS) is 10.1. The molecule has 0 aliphatic heterocycles. The van der Waals surface area contributed by atoms with Crippen LogP contribution in [0.25, 0.3) is 0 Å². The molecule has 1 aromatic rings. The van der Waals surface area contributed by atoms with Gasteiger partial charge in [0.2, 0.25) is 0 Å². The zero-order valence-corrected chi connectivity index (χ0v) is 8.29. The fourth-order valence-electron chi connectivity index (χ4n) is 0.730. The molecule has 3 nitrogen and oxygen atoms in total. The Morgan fingerprint density at radius 3 is 2.69 bits per heavy atom. The first kappa shape index (κ1) is 10.1. The van der Waals surface area contributed by atoms with Crippen LogP contribution in [0.2, 0.25) is 0 Å². The molecule has 0 saturated carbocycles. The molecule has 0 spiro atoms. The molecule has 0 aliphatic carbocycles. The van der Waals surface area contributed by atoms with Crippen LogP contribution in [0.3, 0.4) is 0 Å². The Morgan fingerprint density at radius 1 is 1.62 bits per heavy atom. The Balaban J connectivity index is 3.33. The zero-order chi connectivity index (χ0) is 10.0. The van der Waals surface area contributed by atoms with Crippen LogP contribution in [0.15, 0.2) is 6.20 Å². The first-order chi connectivity index (χ1) is 6.07. The molecular weight excluding hydrogens is 293 g/mol. The van der Waals surface area contributed by atoms with E-state index in [1.807, 2.05) is 0 Å². The Kier molecular flexibility index (Phi) is 2.98. The maximum atomic E-state index is 12.1. The summed E-state index contributed by atoms with van der Waals surface area (Å²) >= 11 is 1.62. The van der Waals surface area contributed by atoms with Gasteiger partial charge >= 0.3 is 0 Å². The Labute approximate surface area is 86.2 Å². The second kappa shape index (κ2) is 3.83. The highest BCUT2D eigenvalue weighted by molar-refractivity contribution is 14.1. The highest BCUT2D eigenvalue weighted by atomic mass is 127. The van der Waals surface area contributed by atoms with Gasteiger partial charge in [0.05, 0.1) is 9.13 Å². The number of hydrogen-bond acceptors (Lipinski definition) is 3. The van der Waals surface area contributed by atoms with E-state index in [-0.39, 0.29) is 9.13 Å². The average Bonchev–Trinajstić information content (AvgIpc) is 2.09. The Morgan fingerprint density at radius 2 is 2.23 bits per heavy atom. The maximum absolute atomic E-state index is 12.1. The minimum atomic E-state index is -2.83. The predicted molar refractivity (Wildman–Crippen MR) is 48.3 cm³/mol. The van der Waals surface area contributed by atoms with E-state index in [4.69, 9.17) is 5.26 Å². The largest absolute Gasteiger partial charge is 0.505 e. The first-order valence-corrected chi connectivity index (χ1v) is 4.21. The fraction of sp³-hybridized carbons (Fsp3) is 0.143. The highest BCUT2D eigenvalue weighted by Gasteiger charge is 2.18. The van der Waals surface area contributed by atoms with Crippen molar-refractivity contribution in [3.05, 3.63) is 21.0 Å². The average molecular weight is 296 g/mol. The summed E-state index contributed by atoms with van der Waals surface area (Å²) in [5.74, 6) is -0.616. The molecule has 0 saturated heterocycles. The lowest BCUT2D eigenvalue weighted by atomic mass is 10.2. The van der Waals surface area contributed by atoms with Crippen molar-refractivity contribution in [2.45, 2.75) is 6.43 Å². The Hall–Kier alpha value is -0.970. The molecule has 0 bridgehead atoms. The van der Waals surface area contributed by atoms with Crippen molar-refractivity contribution >= 4 is 22.6 Å². The number of nitriles is 1. The van der Waals surface area contributed by atoms with Gasteiger partial charge in [0.25, 0.3) is 6.43 Å². The van der Waals surface area contributed by atoms with Gasteiger partial charge in [-0.25, -0.2) is 13.8 Å². The van der Waals surface area contributed by atoms with Gasteiger partial charge in [0, 0.05) is 6.20 Å². The summed E-state index contributed by atoms with van der Waals surface area (Å²) in [4.78, 5) is 3.28. The SMILES string of the molecule is N#Cc1cnc(C(F)F)c(O)c1I. The summed E-state index contributed by atoms with van der Waals surface area (Å²) in [7, 11) is 0. The highest BCUT2D eigenvalue weighted by Crippen LogP contribution is 2.31. The van der Waals surface area contributed by atoms with Gasteiger partial charge in [-0.1, -0.05) is 0 Å². The summed E-state index contributed by atoms with van der Waals surface area (Å²) < 4.78 is 24.4.